The van der Waals surface area contributed by atoms with Crippen LogP contribution in [0.5, 0.6) is 5.88 Å². The molecular formula is C30H41N5O5S. The van der Waals surface area contributed by atoms with Crippen molar-refractivity contribution in [3.63, 3.8) is 0 Å². The first-order valence-electron chi connectivity index (χ1n) is 13.8. The number of aromatic nitrogens is 3. The van der Waals surface area contributed by atoms with Crippen molar-refractivity contribution in [3.8, 4) is 5.88 Å². The molecule has 1 aliphatic rings. The normalized spacial score (nSPS) is 19.2. The maximum atomic E-state index is 12.4. The minimum atomic E-state index is -3.29. The molecule has 0 amide bonds. The van der Waals surface area contributed by atoms with Gasteiger partial charge in [0.25, 0.3) is 0 Å². The molecule has 0 bridgehead atoms. The van der Waals surface area contributed by atoms with Crippen molar-refractivity contribution in [1.29, 1.82) is 0 Å². The Balaban J connectivity index is 1.73. The first-order chi connectivity index (χ1) is 18.9. The molecule has 222 valence electrons. The molecule has 10 nitrogen and oxygen atoms in total. The third kappa shape index (κ3) is 5.88. The van der Waals surface area contributed by atoms with E-state index in [-0.39, 0.29) is 12.1 Å². The number of nitrogens with zero attached hydrogens (tertiary/aromatic N) is 3. The highest BCUT2D eigenvalue weighted by Gasteiger charge is 2.41. The summed E-state index contributed by atoms with van der Waals surface area (Å²) >= 11 is 0. The number of pyridine rings is 3. The van der Waals surface area contributed by atoms with Crippen LogP contribution in [0.25, 0.3) is 10.8 Å². The number of sulfone groups is 1. The van der Waals surface area contributed by atoms with E-state index in [4.69, 9.17) is 20.2 Å². The van der Waals surface area contributed by atoms with Crippen LogP contribution in [0.2, 0.25) is 0 Å². The highest BCUT2D eigenvalue weighted by Crippen LogP contribution is 2.38. The van der Waals surface area contributed by atoms with Crippen LogP contribution in [-0.4, -0.2) is 52.5 Å². The van der Waals surface area contributed by atoms with Crippen LogP contribution in [0, 0.1) is 0 Å². The molecule has 4 rings (SSSR count). The molecule has 0 saturated heterocycles. The van der Waals surface area contributed by atoms with Gasteiger partial charge >= 0.3 is 5.97 Å². The summed E-state index contributed by atoms with van der Waals surface area (Å²) in [5, 5.41) is 4.75. The molecule has 1 aliphatic heterocycles. The molecule has 3 atom stereocenters. The van der Waals surface area contributed by atoms with Crippen molar-refractivity contribution in [3.05, 3.63) is 47.4 Å². The lowest BCUT2D eigenvalue weighted by Gasteiger charge is -2.36. The van der Waals surface area contributed by atoms with Crippen LogP contribution in [-0.2, 0) is 25.5 Å². The van der Waals surface area contributed by atoms with Crippen molar-refractivity contribution in [1.82, 2.24) is 15.0 Å². The molecule has 0 radical (unpaired) electrons. The van der Waals surface area contributed by atoms with Crippen molar-refractivity contribution >= 4 is 38.2 Å². The maximum absolute atomic E-state index is 12.4. The number of cyclic esters (lactones) is 1. The monoisotopic (exact) mass is 583 g/mol. The summed E-state index contributed by atoms with van der Waals surface area (Å²) in [4.78, 5) is 26.4. The Morgan fingerprint density at radius 3 is 2.46 bits per heavy atom. The average molecular weight is 584 g/mol. The highest BCUT2D eigenvalue weighted by molar-refractivity contribution is 7.92. The number of hydrogen-bond acceptors (Lipinski definition) is 10. The molecule has 0 fully saturated rings. The van der Waals surface area contributed by atoms with Crippen molar-refractivity contribution in [2.24, 2.45) is 5.73 Å². The SMILES string of the molecule is CC[C@@](C)(N)c1cnc(O[C@H](C)CC(C)(C)S(C)(=O)=O)c2cnc(Nc3ccc4c(n3)C(C)(C)[C@H](C)OC4=O)cc12. The van der Waals surface area contributed by atoms with E-state index in [0.29, 0.717) is 47.0 Å². The molecule has 11 heteroatoms. The van der Waals surface area contributed by atoms with E-state index < -0.39 is 31.6 Å². The van der Waals surface area contributed by atoms with Gasteiger partial charge in [-0.15, -0.1) is 0 Å². The van der Waals surface area contributed by atoms with Gasteiger partial charge in [0.05, 0.1) is 27.5 Å². The largest absolute Gasteiger partial charge is 0.474 e. The Hall–Kier alpha value is -3.31. The fraction of sp³-hybridized carbons (Fsp3) is 0.533. The van der Waals surface area contributed by atoms with Gasteiger partial charge in [-0.1, -0.05) is 20.8 Å². The Labute approximate surface area is 242 Å². The number of nitrogens with two attached hydrogens (primary N) is 1. The molecule has 3 aromatic heterocycles. The lowest BCUT2D eigenvalue weighted by Crippen LogP contribution is -2.42. The molecule has 0 saturated carbocycles. The molecule has 0 aromatic carbocycles. The molecular weight excluding hydrogens is 542 g/mol. The van der Waals surface area contributed by atoms with Gasteiger partial charge in [0.2, 0.25) is 5.88 Å². The Kier molecular flexibility index (Phi) is 7.85. The predicted molar refractivity (Wildman–Crippen MR) is 160 cm³/mol. The molecule has 3 aromatic rings. The van der Waals surface area contributed by atoms with E-state index in [1.54, 1.807) is 38.4 Å². The summed E-state index contributed by atoms with van der Waals surface area (Å²) in [7, 11) is -3.29. The lowest BCUT2D eigenvalue weighted by molar-refractivity contribution is 0.00864. The zero-order chi connectivity index (χ0) is 30.5. The zero-order valence-corrected chi connectivity index (χ0v) is 26.1. The second-order valence-electron chi connectivity index (χ2n) is 12.5. The number of hydrogen-bond donors (Lipinski definition) is 2. The van der Waals surface area contributed by atoms with E-state index in [2.05, 4.69) is 15.3 Å². The fourth-order valence-electron chi connectivity index (χ4n) is 4.87. The van der Waals surface area contributed by atoms with E-state index in [1.807, 2.05) is 47.6 Å². The van der Waals surface area contributed by atoms with E-state index in [1.165, 1.54) is 6.26 Å². The Morgan fingerprint density at radius 1 is 1.15 bits per heavy atom. The lowest BCUT2D eigenvalue weighted by atomic mass is 9.79. The van der Waals surface area contributed by atoms with Crippen LogP contribution >= 0.6 is 0 Å². The van der Waals surface area contributed by atoms with Gasteiger partial charge in [0.15, 0.2) is 9.84 Å². The van der Waals surface area contributed by atoms with Gasteiger partial charge in [0, 0.05) is 36.0 Å². The van der Waals surface area contributed by atoms with E-state index in [0.717, 1.165) is 10.9 Å². The number of esters is 1. The molecule has 41 heavy (non-hydrogen) atoms. The molecule has 0 spiro atoms. The number of nitrogens with one attached hydrogen (secondary N) is 1. The van der Waals surface area contributed by atoms with Gasteiger partial charge in [-0.3, -0.25) is 0 Å². The van der Waals surface area contributed by atoms with Crippen molar-refractivity contribution < 1.29 is 22.7 Å². The van der Waals surface area contributed by atoms with Crippen LogP contribution in [0.1, 0.15) is 89.8 Å². The number of anilines is 2. The summed E-state index contributed by atoms with van der Waals surface area (Å²) in [6, 6.07) is 5.33. The Bertz CT molecular complexity index is 1600. The minimum absolute atomic E-state index is 0.292. The van der Waals surface area contributed by atoms with E-state index in [9.17, 15) is 13.2 Å². The maximum Gasteiger partial charge on any atom is 0.340 e. The zero-order valence-electron chi connectivity index (χ0n) is 25.3. The highest BCUT2D eigenvalue weighted by atomic mass is 32.2. The van der Waals surface area contributed by atoms with Gasteiger partial charge in [-0.05, 0) is 70.2 Å². The second-order valence-corrected chi connectivity index (χ2v) is 15.2. The van der Waals surface area contributed by atoms with Gasteiger partial charge in [-0.25, -0.2) is 28.2 Å². The molecule has 0 unspecified atom stereocenters. The molecule has 3 N–H and O–H groups in total. The van der Waals surface area contributed by atoms with Crippen LogP contribution in [0.4, 0.5) is 11.6 Å². The summed E-state index contributed by atoms with van der Waals surface area (Å²) in [5.41, 5.74) is 7.49. The number of ether oxygens (including phenoxy) is 2. The topological polar surface area (TPSA) is 146 Å². The standard InChI is InChI=1S/C30H41N5O5S/c1-10-30(8,31)22-16-33-26(39-17(2)14-28(4,5)41(9,37)38)21-15-32-24(13-20(21)22)34-23-12-11-19-25(35-23)29(6,7)18(3)40-27(19)36/h11-13,15-18H,10,14,31H2,1-9H3,(H,32,34,35)/t17-,18+,30-/m1/s1. The van der Waals surface area contributed by atoms with Crippen LogP contribution in [0.15, 0.2) is 30.6 Å². The van der Waals surface area contributed by atoms with E-state index >= 15 is 0 Å². The number of rotatable bonds is 9. The second kappa shape index (κ2) is 10.5. The third-order valence-corrected chi connectivity index (χ3v) is 10.6. The summed E-state index contributed by atoms with van der Waals surface area (Å²) in [5.74, 6) is 1.05. The predicted octanol–water partition coefficient (Wildman–Crippen LogP) is 5.17. The summed E-state index contributed by atoms with van der Waals surface area (Å²) < 4.78 is 35.2. The van der Waals surface area contributed by atoms with Crippen molar-refractivity contribution in [2.45, 2.75) is 96.1 Å². The first kappa shape index (κ1) is 30.6. The Morgan fingerprint density at radius 2 is 1.83 bits per heavy atom. The quantitative estimate of drug-likeness (QED) is 0.323. The fourth-order valence-corrected chi connectivity index (χ4v) is 5.41. The first-order valence-corrected chi connectivity index (χ1v) is 15.7. The van der Waals surface area contributed by atoms with Gasteiger partial charge in [-0.2, -0.15) is 0 Å². The van der Waals surface area contributed by atoms with Crippen LogP contribution in [0.3, 0.4) is 0 Å². The summed E-state index contributed by atoms with van der Waals surface area (Å²) in [6.45, 7) is 15.0. The number of carbonyl (C=O) groups excluding carboxylic acids is 1. The van der Waals surface area contributed by atoms with Crippen molar-refractivity contribution in [2.75, 3.05) is 11.6 Å². The minimum Gasteiger partial charge on any atom is -0.474 e. The van der Waals surface area contributed by atoms with Gasteiger partial charge in [0.1, 0.15) is 17.7 Å². The van der Waals surface area contributed by atoms with Gasteiger partial charge < -0.3 is 20.5 Å². The number of carbonyl (C=O) groups is 1. The summed E-state index contributed by atoms with van der Waals surface area (Å²) in [6.07, 6.45) is 4.84. The molecule has 4 heterocycles. The van der Waals surface area contributed by atoms with Crippen LogP contribution < -0.4 is 15.8 Å². The average Bonchev–Trinajstić information content (AvgIpc) is 2.86. The molecule has 0 aliphatic carbocycles. The third-order valence-electron chi connectivity index (χ3n) is 8.46. The smallest absolute Gasteiger partial charge is 0.340 e. The number of fused-ring (bicyclic) bond motifs is 2.